The third-order valence-electron chi connectivity index (χ3n) is 0.979. The summed E-state index contributed by atoms with van der Waals surface area (Å²) in [4.78, 5) is -3.64. The average Bonchev–Trinajstić information content (AvgIpc) is 1.61. The Labute approximate surface area is 70.9 Å². The standard InChI is InChI=1S/C5H7BrClF3/c1-2-3-4(7,8)5(6,9)10/h2-3H2,1H3. The molecule has 0 aromatic rings. The number of rotatable bonds is 3. The van der Waals surface area contributed by atoms with Crippen LogP contribution in [0, 0.1) is 0 Å². The molecule has 0 saturated heterocycles. The van der Waals surface area contributed by atoms with Crippen LogP contribution in [0.25, 0.3) is 0 Å². The Hall–Kier alpha value is 0.560. The Kier molecular flexibility index (Phi) is 3.49. The molecule has 0 amide bonds. The molecule has 0 radical (unpaired) electrons. The van der Waals surface area contributed by atoms with Gasteiger partial charge in [-0.15, -0.1) is 0 Å². The fourth-order valence-electron chi connectivity index (χ4n) is 0.456. The highest BCUT2D eigenvalue weighted by Gasteiger charge is 2.50. The number of halogens is 5. The molecule has 0 aromatic heterocycles. The lowest BCUT2D eigenvalue weighted by Gasteiger charge is -2.21. The van der Waals surface area contributed by atoms with E-state index in [1.165, 1.54) is 0 Å². The van der Waals surface area contributed by atoms with Crippen molar-refractivity contribution in [1.29, 1.82) is 0 Å². The highest BCUT2D eigenvalue weighted by atomic mass is 79.9. The molecule has 0 aromatic carbocycles. The van der Waals surface area contributed by atoms with E-state index in [4.69, 9.17) is 11.6 Å². The maximum atomic E-state index is 12.6. The minimum Gasteiger partial charge on any atom is -0.218 e. The summed E-state index contributed by atoms with van der Waals surface area (Å²) in [5.41, 5.74) is 0. The smallest absolute Gasteiger partial charge is 0.218 e. The van der Waals surface area contributed by atoms with Crippen molar-refractivity contribution in [3.8, 4) is 0 Å². The van der Waals surface area contributed by atoms with Gasteiger partial charge in [0, 0.05) is 6.42 Å². The summed E-state index contributed by atoms with van der Waals surface area (Å²) in [6, 6.07) is 0. The molecule has 0 fully saturated rings. The normalized spacial score (nSPS) is 18.6. The fraction of sp³-hybridized carbons (Fsp3) is 1.00. The van der Waals surface area contributed by atoms with Crippen molar-refractivity contribution >= 4 is 27.5 Å². The summed E-state index contributed by atoms with van der Waals surface area (Å²) >= 11 is 6.71. The van der Waals surface area contributed by atoms with Crippen LogP contribution < -0.4 is 0 Å². The van der Waals surface area contributed by atoms with E-state index in [1.807, 2.05) is 15.9 Å². The van der Waals surface area contributed by atoms with Crippen molar-refractivity contribution < 1.29 is 13.2 Å². The summed E-state index contributed by atoms with van der Waals surface area (Å²) in [5.74, 6) is 0. The number of hydrogen-bond acceptors (Lipinski definition) is 0. The maximum Gasteiger partial charge on any atom is 0.348 e. The highest BCUT2D eigenvalue weighted by Crippen LogP contribution is 2.44. The summed E-state index contributed by atoms with van der Waals surface area (Å²) in [5, 5.41) is -2.96. The minimum absolute atomic E-state index is 0.279. The van der Waals surface area contributed by atoms with Crippen molar-refractivity contribution in [2.45, 2.75) is 29.7 Å². The van der Waals surface area contributed by atoms with Gasteiger partial charge in [0.2, 0.25) is 0 Å². The first-order valence-corrected chi connectivity index (χ1v) is 3.93. The molecule has 0 aliphatic heterocycles. The molecule has 0 nitrogen and oxygen atoms in total. The van der Waals surface area contributed by atoms with Gasteiger partial charge in [-0.25, -0.2) is 4.39 Å². The molecule has 0 aliphatic carbocycles. The maximum absolute atomic E-state index is 12.6. The van der Waals surface area contributed by atoms with E-state index in [1.54, 1.807) is 6.92 Å². The van der Waals surface area contributed by atoms with Crippen LogP contribution in [0.15, 0.2) is 0 Å². The molecule has 0 saturated carbocycles. The molecule has 0 aliphatic rings. The van der Waals surface area contributed by atoms with Gasteiger partial charge in [-0.05, 0) is 15.9 Å². The lowest BCUT2D eigenvalue weighted by atomic mass is 10.2. The molecule has 62 valence electrons. The van der Waals surface area contributed by atoms with E-state index in [0.29, 0.717) is 0 Å². The Balaban J connectivity index is 4.10. The van der Waals surface area contributed by atoms with Gasteiger partial charge >= 0.3 is 4.83 Å². The molecule has 0 spiro atoms. The second kappa shape index (κ2) is 3.30. The van der Waals surface area contributed by atoms with Crippen molar-refractivity contribution in [2.75, 3.05) is 0 Å². The van der Waals surface area contributed by atoms with Crippen molar-refractivity contribution in [2.24, 2.45) is 0 Å². The second-order valence-electron chi connectivity index (χ2n) is 1.95. The molecule has 0 N–H and O–H groups in total. The Bertz CT molecular complexity index is 110. The summed E-state index contributed by atoms with van der Waals surface area (Å²) in [7, 11) is 0. The zero-order valence-electron chi connectivity index (χ0n) is 5.30. The molecule has 0 rings (SSSR count). The van der Waals surface area contributed by atoms with Gasteiger partial charge in [0.15, 0.2) is 0 Å². The first kappa shape index (κ1) is 10.6. The number of alkyl halides is 5. The molecule has 1 unspecified atom stereocenters. The second-order valence-corrected chi connectivity index (χ2v) is 3.55. The first-order valence-electron chi connectivity index (χ1n) is 2.76. The zero-order valence-corrected chi connectivity index (χ0v) is 7.65. The van der Waals surface area contributed by atoms with Gasteiger partial charge < -0.3 is 0 Å². The molecule has 10 heavy (non-hydrogen) atoms. The van der Waals surface area contributed by atoms with E-state index in [0.717, 1.165) is 0 Å². The third kappa shape index (κ3) is 2.66. The zero-order chi connectivity index (χ0) is 8.41. The Morgan fingerprint density at radius 3 is 1.90 bits per heavy atom. The van der Waals surface area contributed by atoms with Crippen molar-refractivity contribution in [3.05, 3.63) is 0 Å². The van der Waals surface area contributed by atoms with E-state index in [2.05, 4.69) is 0 Å². The van der Waals surface area contributed by atoms with Gasteiger partial charge in [-0.2, -0.15) is 8.78 Å². The Morgan fingerprint density at radius 1 is 1.40 bits per heavy atom. The van der Waals surface area contributed by atoms with Crippen LogP contribution in [0.2, 0.25) is 0 Å². The van der Waals surface area contributed by atoms with Crippen molar-refractivity contribution in [1.82, 2.24) is 0 Å². The highest BCUT2D eigenvalue weighted by molar-refractivity contribution is 9.10. The molecule has 0 bridgehead atoms. The van der Waals surface area contributed by atoms with Crippen molar-refractivity contribution in [3.63, 3.8) is 0 Å². The number of hydrogen-bond donors (Lipinski definition) is 0. The predicted molar refractivity (Wildman–Crippen MR) is 38.5 cm³/mol. The van der Waals surface area contributed by atoms with Crippen LogP contribution in [-0.2, 0) is 0 Å². The molecule has 5 heteroatoms. The van der Waals surface area contributed by atoms with Gasteiger partial charge in [-0.3, -0.25) is 0 Å². The predicted octanol–water partition coefficient (Wildman–Crippen LogP) is 3.68. The van der Waals surface area contributed by atoms with E-state index < -0.39 is 9.96 Å². The van der Waals surface area contributed by atoms with E-state index >= 15 is 0 Å². The lowest BCUT2D eigenvalue weighted by molar-refractivity contribution is -0.00976. The van der Waals surface area contributed by atoms with Crippen LogP contribution in [0.1, 0.15) is 19.8 Å². The van der Waals surface area contributed by atoms with Crippen LogP contribution in [0.3, 0.4) is 0 Å². The summed E-state index contributed by atoms with van der Waals surface area (Å²) in [6.45, 7) is 1.58. The van der Waals surface area contributed by atoms with Gasteiger partial charge in [-0.1, -0.05) is 24.9 Å². The van der Waals surface area contributed by atoms with Crippen LogP contribution in [0.4, 0.5) is 13.2 Å². The quantitative estimate of drug-likeness (QED) is 0.659. The molecule has 1 atom stereocenters. The topological polar surface area (TPSA) is 0 Å². The summed E-state index contributed by atoms with van der Waals surface area (Å²) in [6.07, 6.45) is -0.0893. The molecular weight excluding hydrogens is 232 g/mol. The van der Waals surface area contributed by atoms with Crippen LogP contribution >= 0.6 is 27.5 Å². The minimum atomic E-state index is -3.64. The largest absolute Gasteiger partial charge is 0.348 e. The Morgan fingerprint density at radius 2 is 1.80 bits per heavy atom. The van der Waals surface area contributed by atoms with E-state index in [9.17, 15) is 13.2 Å². The molecule has 0 heterocycles. The van der Waals surface area contributed by atoms with Gasteiger partial charge in [0.1, 0.15) is 0 Å². The van der Waals surface area contributed by atoms with Crippen LogP contribution in [0.5, 0.6) is 0 Å². The van der Waals surface area contributed by atoms with Gasteiger partial charge in [0.05, 0.1) is 0 Å². The monoisotopic (exact) mass is 238 g/mol. The molecular formula is C5H7BrClF3. The SMILES string of the molecule is CCCC(F)(Cl)C(F)(F)Br. The summed E-state index contributed by atoms with van der Waals surface area (Å²) < 4.78 is 36.8. The first-order chi connectivity index (χ1) is 4.31. The van der Waals surface area contributed by atoms with Crippen LogP contribution in [-0.4, -0.2) is 9.96 Å². The fourth-order valence-corrected chi connectivity index (χ4v) is 0.843. The lowest BCUT2D eigenvalue weighted by Crippen LogP contribution is -2.33. The third-order valence-corrected chi connectivity index (χ3v) is 2.26. The van der Waals surface area contributed by atoms with Gasteiger partial charge in [0.25, 0.3) is 5.13 Å². The van der Waals surface area contributed by atoms with E-state index in [-0.39, 0.29) is 12.8 Å². The average molecular weight is 239 g/mol.